The van der Waals surface area contributed by atoms with Gasteiger partial charge in [0.15, 0.2) is 5.82 Å². The minimum absolute atomic E-state index is 0.547. The molecule has 0 saturated carbocycles. The highest BCUT2D eigenvalue weighted by Crippen LogP contribution is 2.27. The van der Waals surface area contributed by atoms with Gasteiger partial charge in [0.05, 0.1) is 0 Å². The van der Waals surface area contributed by atoms with Crippen LogP contribution in [0.4, 0.5) is 0 Å². The van der Waals surface area contributed by atoms with Crippen LogP contribution >= 0.6 is 27.5 Å². The Morgan fingerprint density at radius 1 is 1.24 bits per heavy atom. The van der Waals surface area contributed by atoms with Crippen molar-refractivity contribution in [2.75, 3.05) is 0 Å². The molecule has 0 unspecified atom stereocenters. The van der Waals surface area contributed by atoms with E-state index < -0.39 is 0 Å². The van der Waals surface area contributed by atoms with Crippen molar-refractivity contribution >= 4 is 27.5 Å². The van der Waals surface area contributed by atoms with Crippen LogP contribution in [-0.4, -0.2) is 9.97 Å². The molecule has 0 aliphatic heterocycles. The Hall–Kier alpha value is -0.930. The van der Waals surface area contributed by atoms with Crippen molar-refractivity contribution in [2.45, 2.75) is 20.3 Å². The monoisotopic (exact) mass is 310 g/mol. The first-order valence-corrected chi connectivity index (χ1v) is 6.58. The molecule has 4 heteroatoms. The number of hydrogen-bond acceptors (Lipinski definition) is 2. The summed E-state index contributed by atoms with van der Waals surface area (Å²) in [5.41, 5.74) is 2.92. The lowest BCUT2D eigenvalue weighted by Crippen LogP contribution is -1.99. The predicted molar refractivity (Wildman–Crippen MR) is 74.3 cm³/mol. The molecule has 0 atom stereocenters. The van der Waals surface area contributed by atoms with Crippen LogP contribution in [0.1, 0.15) is 18.2 Å². The van der Waals surface area contributed by atoms with Crippen LogP contribution in [-0.2, 0) is 6.42 Å². The van der Waals surface area contributed by atoms with E-state index in [1.807, 2.05) is 31.2 Å². The van der Waals surface area contributed by atoms with Crippen LogP contribution < -0.4 is 0 Å². The molecule has 0 saturated heterocycles. The summed E-state index contributed by atoms with van der Waals surface area (Å²) in [6, 6.07) is 7.86. The minimum Gasteiger partial charge on any atom is -0.233 e. The van der Waals surface area contributed by atoms with Gasteiger partial charge in [0.1, 0.15) is 5.15 Å². The third-order valence-electron chi connectivity index (χ3n) is 2.63. The highest BCUT2D eigenvalue weighted by atomic mass is 79.9. The number of aromatic nitrogens is 2. The van der Waals surface area contributed by atoms with Crippen molar-refractivity contribution in [1.29, 1.82) is 0 Å². The van der Waals surface area contributed by atoms with Crippen molar-refractivity contribution in [3.8, 4) is 11.4 Å². The van der Waals surface area contributed by atoms with Crippen LogP contribution in [0.2, 0.25) is 5.15 Å². The molecule has 88 valence electrons. The summed E-state index contributed by atoms with van der Waals surface area (Å²) in [6.45, 7) is 4.02. The summed E-state index contributed by atoms with van der Waals surface area (Å²) in [4.78, 5) is 8.87. The van der Waals surface area contributed by atoms with Crippen molar-refractivity contribution in [3.05, 3.63) is 45.1 Å². The number of halogens is 2. The van der Waals surface area contributed by atoms with E-state index in [2.05, 4.69) is 32.8 Å². The quantitative estimate of drug-likeness (QED) is 0.767. The molecule has 0 bridgehead atoms. The summed E-state index contributed by atoms with van der Waals surface area (Å²) in [7, 11) is 0. The second-order valence-corrected chi connectivity index (χ2v) is 4.95. The molecule has 2 rings (SSSR count). The Bertz CT molecular complexity index is 532. The normalized spacial score (nSPS) is 10.6. The summed E-state index contributed by atoms with van der Waals surface area (Å²) < 4.78 is 0.972. The van der Waals surface area contributed by atoms with Gasteiger partial charge in [-0.3, -0.25) is 0 Å². The highest BCUT2D eigenvalue weighted by molar-refractivity contribution is 9.10. The molecule has 0 amide bonds. The zero-order valence-corrected chi connectivity index (χ0v) is 12.0. The maximum absolute atomic E-state index is 6.17. The molecular weight excluding hydrogens is 300 g/mol. The van der Waals surface area contributed by atoms with Gasteiger partial charge >= 0.3 is 0 Å². The van der Waals surface area contributed by atoms with Crippen LogP contribution in [0.5, 0.6) is 0 Å². The largest absolute Gasteiger partial charge is 0.233 e. The van der Waals surface area contributed by atoms with Gasteiger partial charge in [-0.25, -0.2) is 9.97 Å². The maximum Gasteiger partial charge on any atom is 0.162 e. The molecular formula is C13H12BrClN2. The summed E-state index contributed by atoms with van der Waals surface area (Å²) in [6.07, 6.45) is 0.848. The van der Waals surface area contributed by atoms with Gasteiger partial charge in [0.25, 0.3) is 0 Å². The number of benzene rings is 1. The van der Waals surface area contributed by atoms with Gasteiger partial charge in [-0.2, -0.15) is 0 Å². The molecule has 1 aromatic heterocycles. The molecule has 2 aromatic rings. The molecule has 0 aliphatic carbocycles. The van der Waals surface area contributed by atoms with E-state index in [0.717, 1.165) is 27.7 Å². The lowest BCUT2D eigenvalue weighted by Gasteiger charge is -2.08. The van der Waals surface area contributed by atoms with Gasteiger partial charge in [-0.1, -0.05) is 52.7 Å². The van der Waals surface area contributed by atoms with Gasteiger partial charge in [-0.05, 0) is 19.4 Å². The van der Waals surface area contributed by atoms with Gasteiger partial charge < -0.3 is 0 Å². The average Bonchev–Trinajstić information content (AvgIpc) is 2.29. The lowest BCUT2D eigenvalue weighted by atomic mass is 10.1. The van der Waals surface area contributed by atoms with Gasteiger partial charge in [-0.15, -0.1) is 0 Å². The first-order chi connectivity index (χ1) is 8.13. The van der Waals surface area contributed by atoms with Crippen LogP contribution in [0.3, 0.4) is 0 Å². The third-order valence-corrected chi connectivity index (χ3v) is 3.64. The van der Waals surface area contributed by atoms with Crippen molar-refractivity contribution < 1.29 is 0 Å². The fourth-order valence-corrected chi connectivity index (χ4v) is 2.54. The number of hydrogen-bond donors (Lipinski definition) is 0. The van der Waals surface area contributed by atoms with E-state index in [1.165, 1.54) is 0 Å². The van der Waals surface area contributed by atoms with E-state index in [-0.39, 0.29) is 0 Å². The maximum atomic E-state index is 6.17. The third kappa shape index (κ3) is 2.50. The fourth-order valence-electron chi connectivity index (χ4n) is 1.73. The second kappa shape index (κ2) is 5.15. The molecule has 17 heavy (non-hydrogen) atoms. The Labute approximate surface area is 114 Å². The Morgan fingerprint density at radius 3 is 2.53 bits per heavy atom. The SMILES string of the molecule is CCc1c(C)nc(-c2ccccc2Br)nc1Cl. The first kappa shape index (κ1) is 12.5. The van der Waals surface area contributed by atoms with Crippen molar-refractivity contribution in [1.82, 2.24) is 9.97 Å². The number of rotatable bonds is 2. The first-order valence-electron chi connectivity index (χ1n) is 5.41. The smallest absolute Gasteiger partial charge is 0.162 e. The summed E-state index contributed by atoms with van der Waals surface area (Å²) in [5.74, 6) is 0.664. The highest BCUT2D eigenvalue weighted by Gasteiger charge is 2.11. The number of nitrogens with zero attached hydrogens (tertiary/aromatic N) is 2. The van der Waals surface area contributed by atoms with Crippen LogP contribution in [0.15, 0.2) is 28.7 Å². The zero-order valence-electron chi connectivity index (χ0n) is 9.67. The van der Waals surface area contributed by atoms with E-state index >= 15 is 0 Å². The van der Waals surface area contributed by atoms with E-state index in [1.54, 1.807) is 0 Å². The number of aryl methyl sites for hydroxylation is 1. The molecule has 0 spiro atoms. The summed E-state index contributed by atoms with van der Waals surface area (Å²) in [5, 5.41) is 0.547. The molecule has 2 nitrogen and oxygen atoms in total. The molecule has 0 fully saturated rings. The molecule has 1 aromatic carbocycles. The molecule has 0 radical (unpaired) electrons. The Morgan fingerprint density at radius 2 is 1.94 bits per heavy atom. The Balaban J connectivity index is 2.59. The van der Waals surface area contributed by atoms with Crippen molar-refractivity contribution in [2.24, 2.45) is 0 Å². The zero-order chi connectivity index (χ0) is 12.4. The molecule has 1 heterocycles. The fraction of sp³-hybridized carbons (Fsp3) is 0.231. The lowest BCUT2D eigenvalue weighted by molar-refractivity contribution is 1.00. The van der Waals surface area contributed by atoms with Gasteiger partial charge in [0.2, 0.25) is 0 Å². The van der Waals surface area contributed by atoms with Gasteiger partial charge in [0, 0.05) is 21.3 Å². The minimum atomic E-state index is 0.547. The van der Waals surface area contributed by atoms with E-state index in [9.17, 15) is 0 Å². The van der Waals surface area contributed by atoms with Crippen LogP contribution in [0, 0.1) is 6.92 Å². The average molecular weight is 312 g/mol. The summed E-state index contributed by atoms with van der Waals surface area (Å²) >= 11 is 9.67. The molecule has 0 N–H and O–H groups in total. The van der Waals surface area contributed by atoms with Crippen LogP contribution in [0.25, 0.3) is 11.4 Å². The predicted octanol–water partition coefficient (Wildman–Crippen LogP) is 4.43. The second-order valence-electron chi connectivity index (χ2n) is 3.74. The standard InChI is InChI=1S/C13H12BrClN2/c1-3-9-8(2)16-13(17-12(9)15)10-6-4-5-7-11(10)14/h4-7H,3H2,1-2H3. The molecule has 0 aliphatic rings. The van der Waals surface area contributed by atoms with E-state index in [4.69, 9.17) is 11.6 Å². The van der Waals surface area contributed by atoms with E-state index in [0.29, 0.717) is 11.0 Å². The van der Waals surface area contributed by atoms with Crippen molar-refractivity contribution in [3.63, 3.8) is 0 Å². The Kier molecular flexibility index (Phi) is 3.79. The topological polar surface area (TPSA) is 25.8 Å².